The Labute approximate surface area is 133 Å². The van der Waals surface area contributed by atoms with E-state index in [2.05, 4.69) is 34.1 Å². The maximum Gasteiger partial charge on any atom is 0.168 e. The highest BCUT2D eigenvalue weighted by Gasteiger charge is 2.15. The molecule has 0 spiro atoms. The van der Waals surface area contributed by atoms with Gasteiger partial charge in [0.15, 0.2) is 5.78 Å². The molecule has 0 saturated heterocycles. The lowest BCUT2D eigenvalue weighted by Gasteiger charge is -2.08. The third-order valence-electron chi connectivity index (χ3n) is 4.00. The highest BCUT2D eigenvalue weighted by atomic mass is 79.9. The zero-order chi connectivity index (χ0) is 14.8. The molecule has 2 nitrogen and oxygen atoms in total. The molecule has 1 aliphatic rings. The smallest absolute Gasteiger partial charge is 0.168 e. The summed E-state index contributed by atoms with van der Waals surface area (Å²) in [5.74, 6) is 0.814. The molecule has 0 atom stereocenters. The van der Waals surface area contributed by atoms with Gasteiger partial charge in [-0.05, 0) is 54.2 Å². The Hall–Kier alpha value is -1.61. The van der Waals surface area contributed by atoms with Crippen molar-refractivity contribution < 1.29 is 9.53 Å². The molecule has 1 aliphatic carbocycles. The molecule has 3 heteroatoms. The van der Waals surface area contributed by atoms with Gasteiger partial charge in [-0.25, -0.2) is 0 Å². The van der Waals surface area contributed by atoms with Crippen LogP contribution < -0.4 is 4.74 Å². The number of ketones is 1. The fraction of sp³-hybridized carbons (Fsp3) is 0.278. The molecule has 0 aliphatic heterocycles. The largest absolute Gasteiger partial charge is 0.497 e. The SMILES string of the molecule is COc1ccc(Br)c(C(=O)Cc2ccc3c(c2)CCC3)c1. The Balaban J connectivity index is 1.83. The van der Waals surface area contributed by atoms with Crippen molar-refractivity contribution in [2.75, 3.05) is 7.11 Å². The molecule has 0 heterocycles. The molecule has 0 bridgehead atoms. The normalized spacial score (nSPS) is 13.0. The first-order valence-electron chi connectivity index (χ1n) is 7.15. The third-order valence-corrected chi connectivity index (χ3v) is 4.69. The highest BCUT2D eigenvalue weighted by Crippen LogP contribution is 2.26. The van der Waals surface area contributed by atoms with Gasteiger partial charge in [0.1, 0.15) is 5.75 Å². The minimum absolute atomic E-state index is 0.110. The van der Waals surface area contributed by atoms with E-state index in [4.69, 9.17) is 4.74 Å². The number of ether oxygens (including phenoxy) is 1. The van der Waals surface area contributed by atoms with E-state index in [1.165, 1.54) is 24.0 Å². The molecule has 2 aromatic rings. The minimum atomic E-state index is 0.110. The van der Waals surface area contributed by atoms with Crippen molar-refractivity contribution in [2.24, 2.45) is 0 Å². The average molecular weight is 345 g/mol. The molecular weight excluding hydrogens is 328 g/mol. The summed E-state index contributed by atoms with van der Waals surface area (Å²) in [6, 6.07) is 11.9. The number of benzene rings is 2. The van der Waals surface area contributed by atoms with Gasteiger partial charge in [-0.15, -0.1) is 0 Å². The lowest BCUT2D eigenvalue weighted by molar-refractivity contribution is 0.0992. The molecule has 0 unspecified atom stereocenters. The number of hydrogen-bond donors (Lipinski definition) is 0. The van der Waals surface area contributed by atoms with E-state index in [9.17, 15) is 4.79 Å². The first-order chi connectivity index (χ1) is 10.2. The van der Waals surface area contributed by atoms with Crippen LogP contribution in [0.4, 0.5) is 0 Å². The van der Waals surface area contributed by atoms with Gasteiger partial charge in [0, 0.05) is 16.5 Å². The van der Waals surface area contributed by atoms with Crippen LogP contribution in [0.2, 0.25) is 0 Å². The van der Waals surface area contributed by atoms with Crippen molar-refractivity contribution in [2.45, 2.75) is 25.7 Å². The number of fused-ring (bicyclic) bond motifs is 1. The summed E-state index contributed by atoms with van der Waals surface area (Å²) < 4.78 is 6.01. The molecule has 0 saturated carbocycles. The van der Waals surface area contributed by atoms with Crippen molar-refractivity contribution in [1.82, 2.24) is 0 Å². The zero-order valence-corrected chi connectivity index (χ0v) is 13.6. The van der Waals surface area contributed by atoms with Gasteiger partial charge in [-0.3, -0.25) is 4.79 Å². The summed E-state index contributed by atoms with van der Waals surface area (Å²) in [7, 11) is 1.61. The summed E-state index contributed by atoms with van der Waals surface area (Å²) in [6.45, 7) is 0. The quantitative estimate of drug-likeness (QED) is 0.769. The van der Waals surface area contributed by atoms with E-state index >= 15 is 0 Å². The molecule has 0 N–H and O–H groups in total. The monoisotopic (exact) mass is 344 g/mol. The van der Waals surface area contributed by atoms with E-state index in [-0.39, 0.29) is 5.78 Å². The van der Waals surface area contributed by atoms with Crippen molar-refractivity contribution in [3.8, 4) is 5.75 Å². The molecule has 0 radical (unpaired) electrons. The Kier molecular flexibility index (Phi) is 4.11. The Morgan fingerprint density at radius 2 is 1.95 bits per heavy atom. The standard InChI is InChI=1S/C18H17BrO2/c1-21-15-7-8-17(19)16(11-15)18(20)10-12-5-6-13-3-2-4-14(13)9-12/h5-9,11H,2-4,10H2,1H3. The summed E-state index contributed by atoms with van der Waals surface area (Å²) in [5, 5.41) is 0. The van der Waals surface area contributed by atoms with E-state index in [0.717, 1.165) is 16.5 Å². The van der Waals surface area contributed by atoms with Crippen LogP contribution in [0.25, 0.3) is 0 Å². The molecular formula is C18H17BrO2. The fourth-order valence-corrected chi connectivity index (χ4v) is 3.33. The summed E-state index contributed by atoms with van der Waals surface area (Å²) in [5.41, 5.74) is 4.61. The number of halogens is 1. The Morgan fingerprint density at radius 1 is 1.14 bits per heavy atom. The number of Topliss-reactive ketones (excluding diaryl/α,β-unsaturated/α-hetero) is 1. The second kappa shape index (κ2) is 6.02. The van der Waals surface area contributed by atoms with Gasteiger partial charge in [-0.1, -0.05) is 34.1 Å². The maximum absolute atomic E-state index is 12.5. The number of hydrogen-bond acceptors (Lipinski definition) is 2. The van der Waals surface area contributed by atoms with Gasteiger partial charge in [0.05, 0.1) is 7.11 Å². The lowest BCUT2D eigenvalue weighted by atomic mass is 9.99. The van der Waals surface area contributed by atoms with Crippen LogP contribution in [0.15, 0.2) is 40.9 Å². The molecule has 21 heavy (non-hydrogen) atoms. The van der Waals surface area contributed by atoms with Crippen LogP contribution in [0.5, 0.6) is 5.75 Å². The van der Waals surface area contributed by atoms with Gasteiger partial charge in [0.25, 0.3) is 0 Å². The van der Waals surface area contributed by atoms with E-state index in [0.29, 0.717) is 17.7 Å². The average Bonchev–Trinajstić information content (AvgIpc) is 2.95. The molecule has 3 rings (SSSR count). The topological polar surface area (TPSA) is 26.3 Å². The van der Waals surface area contributed by atoms with Crippen LogP contribution in [0.1, 0.15) is 33.5 Å². The van der Waals surface area contributed by atoms with Crippen molar-refractivity contribution >= 4 is 21.7 Å². The van der Waals surface area contributed by atoms with E-state index in [1.54, 1.807) is 13.2 Å². The number of rotatable bonds is 4. The molecule has 0 aromatic heterocycles. The maximum atomic E-state index is 12.5. The second-order valence-corrected chi connectivity index (χ2v) is 6.26. The number of carbonyl (C=O) groups is 1. The van der Waals surface area contributed by atoms with Crippen LogP contribution in [0.3, 0.4) is 0 Å². The Bertz CT molecular complexity index is 692. The number of methoxy groups -OCH3 is 1. The first-order valence-corrected chi connectivity index (χ1v) is 7.94. The van der Waals surface area contributed by atoms with Gasteiger partial charge in [-0.2, -0.15) is 0 Å². The van der Waals surface area contributed by atoms with E-state index in [1.807, 2.05) is 12.1 Å². The van der Waals surface area contributed by atoms with Gasteiger partial charge >= 0.3 is 0 Å². The van der Waals surface area contributed by atoms with Crippen LogP contribution in [0, 0.1) is 0 Å². The van der Waals surface area contributed by atoms with E-state index < -0.39 is 0 Å². The van der Waals surface area contributed by atoms with Crippen molar-refractivity contribution in [3.05, 3.63) is 63.1 Å². The van der Waals surface area contributed by atoms with Crippen LogP contribution >= 0.6 is 15.9 Å². The predicted molar refractivity (Wildman–Crippen MR) is 87.2 cm³/mol. The summed E-state index contributed by atoms with van der Waals surface area (Å²) in [6.07, 6.45) is 3.97. The molecule has 2 aromatic carbocycles. The van der Waals surface area contributed by atoms with Crippen LogP contribution in [-0.4, -0.2) is 12.9 Å². The van der Waals surface area contributed by atoms with Crippen molar-refractivity contribution in [1.29, 1.82) is 0 Å². The number of carbonyl (C=O) groups excluding carboxylic acids is 1. The number of aryl methyl sites for hydroxylation is 2. The Morgan fingerprint density at radius 3 is 2.76 bits per heavy atom. The molecule has 0 amide bonds. The predicted octanol–water partition coefficient (Wildman–Crippen LogP) is 4.37. The second-order valence-electron chi connectivity index (χ2n) is 5.40. The van der Waals surface area contributed by atoms with Crippen LogP contribution in [-0.2, 0) is 19.3 Å². The van der Waals surface area contributed by atoms with Gasteiger partial charge < -0.3 is 4.74 Å². The van der Waals surface area contributed by atoms with Gasteiger partial charge in [0.2, 0.25) is 0 Å². The zero-order valence-electron chi connectivity index (χ0n) is 12.0. The minimum Gasteiger partial charge on any atom is -0.497 e. The molecule has 0 fully saturated rings. The summed E-state index contributed by atoms with van der Waals surface area (Å²) >= 11 is 3.45. The first kappa shape index (κ1) is 14.3. The highest BCUT2D eigenvalue weighted by molar-refractivity contribution is 9.10. The summed E-state index contributed by atoms with van der Waals surface area (Å²) in [4.78, 5) is 12.5. The lowest BCUT2D eigenvalue weighted by Crippen LogP contribution is -2.05. The fourth-order valence-electron chi connectivity index (χ4n) is 2.86. The third kappa shape index (κ3) is 3.03. The van der Waals surface area contributed by atoms with Crippen molar-refractivity contribution in [3.63, 3.8) is 0 Å². The molecule has 108 valence electrons.